The van der Waals surface area contributed by atoms with E-state index in [1.54, 1.807) is 0 Å². The molecular weight excluding hydrogens is 288 g/mol. The molecule has 0 saturated carbocycles. The van der Waals surface area contributed by atoms with Crippen molar-refractivity contribution in [2.75, 3.05) is 26.3 Å². The number of ether oxygens (including phenoxy) is 1. The molecular formula is C15H24N2O5. The fourth-order valence-electron chi connectivity index (χ4n) is 2.24. The van der Waals surface area contributed by atoms with Crippen LogP contribution in [0.4, 0.5) is 0 Å². The van der Waals surface area contributed by atoms with Crippen LogP contribution < -0.4 is 5.32 Å². The van der Waals surface area contributed by atoms with Gasteiger partial charge in [0.15, 0.2) is 6.04 Å². The maximum atomic E-state index is 12.0. The molecule has 2 amide bonds. The van der Waals surface area contributed by atoms with Crippen molar-refractivity contribution in [1.82, 2.24) is 10.2 Å². The van der Waals surface area contributed by atoms with Gasteiger partial charge >= 0.3 is 5.97 Å². The van der Waals surface area contributed by atoms with E-state index in [9.17, 15) is 14.4 Å². The Morgan fingerprint density at radius 1 is 1.36 bits per heavy atom. The van der Waals surface area contributed by atoms with Crippen molar-refractivity contribution < 1.29 is 24.2 Å². The first-order valence-electron chi connectivity index (χ1n) is 7.53. The van der Waals surface area contributed by atoms with E-state index in [4.69, 9.17) is 9.84 Å². The van der Waals surface area contributed by atoms with E-state index in [2.05, 4.69) is 11.9 Å². The van der Waals surface area contributed by atoms with E-state index >= 15 is 0 Å². The molecule has 22 heavy (non-hydrogen) atoms. The van der Waals surface area contributed by atoms with E-state index in [1.165, 1.54) is 11.0 Å². The summed E-state index contributed by atoms with van der Waals surface area (Å²) in [5, 5.41) is 11.4. The van der Waals surface area contributed by atoms with E-state index < -0.39 is 17.9 Å². The Morgan fingerprint density at radius 3 is 2.77 bits per heavy atom. The fraction of sp³-hybridized carbons (Fsp3) is 0.667. The lowest BCUT2D eigenvalue weighted by Crippen LogP contribution is -2.49. The summed E-state index contributed by atoms with van der Waals surface area (Å²) in [4.78, 5) is 36.5. The first-order valence-corrected chi connectivity index (χ1v) is 7.53. The monoisotopic (exact) mass is 312 g/mol. The SMILES string of the molecule is C=CCOCC(NC(=O)CN1CCCCCCC1=O)C(=O)O. The number of nitrogens with zero attached hydrogens (tertiary/aromatic N) is 1. The highest BCUT2D eigenvalue weighted by Gasteiger charge is 2.23. The number of hydrogen-bond donors (Lipinski definition) is 2. The van der Waals surface area contributed by atoms with Crippen LogP contribution in [0, 0.1) is 0 Å². The zero-order valence-corrected chi connectivity index (χ0v) is 12.8. The van der Waals surface area contributed by atoms with Crippen LogP contribution in [0.2, 0.25) is 0 Å². The first-order chi connectivity index (χ1) is 10.5. The average Bonchev–Trinajstić information content (AvgIpc) is 2.46. The minimum Gasteiger partial charge on any atom is -0.480 e. The molecule has 0 bridgehead atoms. The average molecular weight is 312 g/mol. The van der Waals surface area contributed by atoms with Gasteiger partial charge in [0.2, 0.25) is 11.8 Å². The largest absolute Gasteiger partial charge is 0.480 e. The molecule has 7 nitrogen and oxygen atoms in total. The zero-order valence-electron chi connectivity index (χ0n) is 12.8. The summed E-state index contributed by atoms with van der Waals surface area (Å²) in [7, 11) is 0. The summed E-state index contributed by atoms with van der Waals surface area (Å²) < 4.78 is 5.06. The highest BCUT2D eigenvalue weighted by Crippen LogP contribution is 2.11. The molecule has 1 unspecified atom stereocenters. The summed E-state index contributed by atoms with van der Waals surface area (Å²) in [6.07, 6.45) is 5.72. The molecule has 1 atom stereocenters. The van der Waals surface area contributed by atoms with Crippen molar-refractivity contribution in [1.29, 1.82) is 0 Å². The number of carbonyl (C=O) groups is 3. The number of rotatable bonds is 8. The molecule has 1 aliphatic rings. The maximum absolute atomic E-state index is 12.0. The van der Waals surface area contributed by atoms with Gasteiger partial charge in [0.05, 0.1) is 19.8 Å². The Kier molecular flexibility index (Phi) is 8.21. The molecule has 0 aliphatic carbocycles. The highest BCUT2D eigenvalue weighted by atomic mass is 16.5. The van der Waals surface area contributed by atoms with Crippen LogP contribution in [0.25, 0.3) is 0 Å². The third kappa shape index (κ3) is 6.71. The number of amides is 2. The van der Waals surface area contributed by atoms with Gasteiger partial charge in [-0.15, -0.1) is 6.58 Å². The topological polar surface area (TPSA) is 95.9 Å². The second-order valence-corrected chi connectivity index (χ2v) is 5.26. The first kappa shape index (κ1) is 18.2. The van der Waals surface area contributed by atoms with Crippen molar-refractivity contribution in [3.8, 4) is 0 Å². The molecule has 124 valence electrons. The van der Waals surface area contributed by atoms with Gasteiger partial charge in [0, 0.05) is 13.0 Å². The standard InChI is InChI=1S/C15H24N2O5/c1-2-9-22-11-12(15(20)21)16-13(18)10-17-8-6-4-3-5-7-14(17)19/h2,12H,1,3-11H2,(H,16,18)(H,20,21). The lowest BCUT2D eigenvalue weighted by molar-refractivity contribution is -0.144. The van der Waals surface area contributed by atoms with Crippen LogP contribution >= 0.6 is 0 Å². The van der Waals surface area contributed by atoms with Crippen LogP contribution in [0.1, 0.15) is 32.1 Å². The molecule has 1 rings (SSSR count). The summed E-state index contributed by atoms with van der Waals surface area (Å²) in [6.45, 7) is 3.97. The molecule has 7 heteroatoms. The van der Waals surface area contributed by atoms with Crippen LogP contribution in [-0.4, -0.2) is 60.1 Å². The molecule has 0 aromatic carbocycles. The Labute approximate surface area is 130 Å². The summed E-state index contributed by atoms with van der Waals surface area (Å²) in [5.74, 6) is -1.70. The molecule has 1 fully saturated rings. The Balaban J connectivity index is 2.48. The second kappa shape index (κ2) is 9.94. The number of nitrogens with one attached hydrogen (secondary N) is 1. The molecule has 0 aromatic rings. The number of aliphatic carboxylic acids is 1. The van der Waals surface area contributed by atoms with Crippen LogP contribution in [0.3, 0.4) is 0 Å². The summed E-state index contributed by atoms with van der Waals surface area (Å²) >= 11 is 0. The van der Waals surface area contributed by atoms with Crippen LogP contribution in [0.15, 0.2) is 12.7 Å². The van der Waals surface area contributed by atoms with Crippen LogP contribution in [0.5, 0.6) is 0 Å². The van der Waals surface area contributed by atoms with Gasteiger partial charge in [0.1, 0.15) is 0 Å². The van der Waals surface area contributed by atoms with Gasteiger partial charge in [-0.25, -0.2) is 4.79 Å². The normalized spacial score (nSPS) is 17.3. The maximum Gasteiger partial charge on any atom is 0.328 e. The van der Waals surface area contributed by atoms with E-state index in [1.807, 2.05) is 0 Å². The van der Waals surface area contributed by atoms with E-state index in [-0.39, 0.29) is 25.7 Å². The van der Waals surface area contributed by atoms with Gasteiger partial charge in [-0.1, -0.05) is 18.9 Å². The van der Waals surface area contributed by atoms with Crippen molar-refractivity contribution in [2.24, 2.45) is 0 Å². The van der Waals surface area contributed by atoms with Crippen molar-refractivity contribution in [3.05, 3.63) is 12.7 Å². The Hall–Kier alpha value is -1.89. The third-order valence-corrected chi connectivity index (χ3v) is 3.41. The van der Waals surface area contributed by atoms with Gasteiger partial charge in [-0.3, -0.25) is 9.59 Å². The molecule has 1 saturated heterocycles. The smallest absolute Gasteiger partial charge is 0.328 e. The Morgan fingerprint density at radius 2 is 2.09 bits per heavy atom. The number of carboxylic acid groups (broad SMARTS) is 1. The lowest BCUT2D eigenvalue weighted by Gasteiger charge is -2.25. The molecule has 0 spiro atoms. The number of carbonyl (C=O) groups excluding carboxylic acids is 2. The van der Waals surface area contributed by atoms with Crippen molar-refractivity contribution in [3.63, 3.8) is 0 Å². The number of likely N-dealkylation sites (tertiary alicyclic amines) is 1. The quantitative estimate of drug-likeness (QED) is 0.504. The lowest BCUT2D eigenvalue weighted by atomic mass is 10.1. The predicted octanol–water partition coefficient (Wildman–Crippen LogP) is 0.551. The second-order valence-electron chi connectivity index (χ2n) is 5.26. The summed E-state index contributed by atoms with van der Waals surface area (Å²) in [5.41, 5.74) is 0. The van der Waals surface area contributed by atoms with Gasteiger partial charge < -0.3 is 20.1 Å². The molecule has 1 aliphatic heterocycles. The fourth-order valence-corrected chi connectivity index (χ4v) is 2.24. The predicted molar refractivity (Wildman–Crippen MR) is 80.2 cm³/mol. The number of hydrogen-bond acceptors (Lipinski definition) is 4. The van der Waals surface area contributed by atoms with Gasteiger partial charge in [-0.2, -0.15) is 0 Å². The molecule has 1 heterocycles. The van der Waals surface area contributed by atoms with Crippen molar-refractivity contribution in [2.45, 2.75) is 38.1 Å². The van der Waals surface area contributed by atoms with Gasteiger partial charge in [-0.05, 0) is 12.8 Å². The van der Waals surface area contributed by atoms with E-state index in [0.717, 1.165) is 25.7 Å². The Bertz CT molecular complexity index is 411. The van der Waals surface area contributed by atoms with Crippen molar-refractivity contribution >= 4 is 17.8 Å². The highest BCUT2D eigenvalue weighted by molar-refractivity contribution is 5.88. The van der Waals surface area contributed by atoms with Crippen LogP contribution in [-0.2, 0) is 19.1 Å². The number of carboxylic acids is 1. The zero-order chi connectivity index (χ0) is 16.4. The van der Waals surface area contributed by atoms with Gasteiger partial charge in [0.25, 0.3) is 0 Å². The summed E-state index contributed by atoms with van der Waals surface area (Å²) in [6, 6.07) is -1.13. The molecule has 0 radical (unpaired) electrons. The minimum atomic E-state index is -1.17. The molecule has 0 aromatic heterocycles. The molecule has 2 N–H and O–H groups in total. The minimum absolute atomic E-state index is 0.0513. The van der Waals surface area contributed by atoms with E-state index in [0.29, 0.717) is 13.0 Å². The third-order valence-electron chi connectivity index (χ3n) is 3.41.